The van der Waals surface area contributed by atoms with Crippen LogP contribution in [-0.4, -0.2) is 30.9 Å². The highest BCUT2D eigenvalue weighted by atomic mass is 16.5. The Kier molecular flexibility index (Phi) is 5.41. The van der Waals surface area contributed by atoms with Gasteiger partial charge in [-0.05, 0) is 50.2 Å². The first-order chi connectivity index (χ1) is 12.5. The van der Waals surface area contributed by atoms with Crippen LogP contribution in [-0.2, 0) is 4.79 Å². The van der Waals surface area contributed by atoms with Gasteiger partial charge >= 0.3 is 0 Å². The summed E-state index contributed by atoms with van der Waals surface area (Å²) in [6, 6.07) is 11.9. The number of hydrogen-bond donors (Lipinski definition) is 2. The van der Waals surface area contributed by atoms with E-state index in [1.54, 1.807) is 31.2 Å². The third kappa shape index (κ3) is 4.33. The largest absolute Gasteiger partial charge is 0.490 e. The Hall–Kier alpha value is -3.02. The molecule has 0 bridgehead atoms. The smallest absolute Gasteiger partial charge is 0.246 e. The van der Waals surface area contributed by atoms with Crippen LogP contribution in [0.25, 0.3) is 0 Å². The van der Waals surface area contributed by atoms with Crippen LogP contribution in [0.4, 0.5) is 11.4 Å². The molecule has 2 aromatic rings. The van der Waals surface area contributed by atoms with Crippen molar-refractivity contribution in [2.75, 3.05) is 23.8 Å². The Morgan fingerprint density at radius 2 is 1.62 bits per heavy atom. The second-order valence-corrected chi connectivity index (χ2v) is 6.20. The van der Waals surface area contributed by atoms with Crippen molar-refractivity contribution in [3.05, 3.63) is 48.0 Å². The predicted molar refractivity (Wildman–Crippen MR) is 100 cm³/mol. The zero-order chi connectivity index (χ0) is 18.5. The van der Waals surface area contributed by atoms with Gasteiger partial charge in [-0.3, -0.25) is 9.59 Å². The first kappa shape index (κ1) is 17.8. The van der Waals surface area contributed by atoms with Gasteiger partial charge in [-0.15, -0.1) is 0 Å². The lowest BCUT2D eigenvalue weighted by Gasteiger charge is -2.17. The van der Waals surface area contributed by atoms with Crippen molar-refractivity contribution in [1.82, 2.24) is 0 Å². The van der Waals surface area contributed by atoms with Crippen molar-refractivity contribution in [2.24, 2.45) is 0 Å². The molecule has 1 aliphatic rings. The number of benzene rings is 2. The summed E-state index contributed by atoms with van der Waals surface area (Å²) in [5.41, 5.74) is 2.04. The molecule has 6 heteroatoms. The first-order valence-electron chi connectivity index (χ1n) is 8.61. The standard InChI is InChI=1S/C20H22N2O4/c1-13(20(24)22-16-6-4-15(5-7-16)14(2)23)21-17-8-9-18-19(12-17)26-11-3-10-25-18/h4-9,12-13,21H,3,10-11H2,1-2H3,(H,22,24). The van der Waals surface area contributed by atoms with Gasteiger partial charge in [0.2, 0.25) is 5.91 Å². The van der Waals surface area contributed by atoms with E-state index < -0.39 is 6.04 Å². The third-order valence-corrected chi connectivity index (χ3v) is 4.08. The van der Waals surface area contributed by atoms with Crippen LogP contribution < -0.4 is 20.1 Å². The van der Waals surface area contributed by atoms with Gasteiger partial charge in [0.1, 0.15) is 6.04 Å². The van der Waals surface area contributed by atoms with E-state index in [1.165, 1.54) is 6.92 Å². The number of rotatable bonds is 5. The number of hydrogen-bond acceptors (Lipinski definition) is 5. The summed E-state index contributed by atoms with van der Waals surface area (Å²) in [5.74, 6) is 1.22. The molecule has 136 valence electrons. The number of nitrogens with one attached hydrogen (secondary N) is 2. The van der Waals surface area contributed by atoms with Crippen LogP contribution in [0.3, 0.4) is 0 Å². The Labute approximate surface area is 152 Å². The quantitative estimate of drug-likeness (QED) is 0.804. The van der Waals surface area contributed by atoms with Gasteiger partial charge in [-0.2, -0.15) is 0 Å². The van der Waals surface area contributed by atoms with Crippen molar-refractivity contribution in [1.29, 1.82) is 0 Å². The molecule has 6 nitrogen and oxygen atoms in total. The molecule has 3 rings (SSSR count). The number of anilines is 2. The Morgan fingerprint density at radius 3 is 2.31 bits per heavy atom. The van der Waals surface area contributed by atoms with Crippen molar-refractivity contribution in [3.8, 4) is 11.5 Å². The van der Waals surface area contributed by atoms with Gasteiger partial charge in [0, 0.05) is 29.4 Å². The van der Waals surface area contributed by atoms with Crippen LogP contribution in [0.2, 0.25) is 0 Å². The molecule has 2 aromatic carbocycles. The summed E-state index contributed by atoms with van der Waals surface area (Å²) in [7, 11) is 0. The molecule has 1 aliphatic heterocycles. The molecular weight excluding hydrogens is 332 g/mol. The molecule has 2 N–H and O–H groups in total. The third-order valence-electron chi connectivity index (χ3n) is 4.08. The van der Waals surface area contributed by atoms with E-state index in [9.17, 15) is 9.59 Å². The lowest BCUT2D eigenvalue weighted by atomic mass is 10.1. The van der Waals surface area contributed by atoms with Gasteiger partial charge in [-0.25, -0.2) is 0 Å². The van der Waals surface area contributed by atoms with Crippen LogP contribution in [0.1, 0.15) is 30.6 Å². The van der Waals surface area contributed by atoms with Crippen LogP contribution in [0.15, 0.2) is 42.5 Å². The van der Waals surface area contributed by atoms with Gasteiger partial charge in [0.25, 0.3) is 0 Å². The molecule has 0 spiro atoms. The highest BCUT2D eigenvalue weighted by molar-refractivity contribution is 5.98. The maximum absolute atomic E-state index is 12.4. The molecule has 0 aromatic heterocycles. The summed E-state index contributed by atoms with van der Waals surface area (Å²) >= 11 is 0. The molecule has 1 heterocycles. The summed E-state index contributed by atoms with van der Waals surface area (Å²) < 4.78 is 11.3. The van der Waals surface area contributed by atoms with Crippen LogP contribution in [0, 0.1) is 0 Å². The monoisotopic (exact) mass is 354 g/mol. The van der Waals surface area contributed by atoms with Gasteiger partial charge < -0.3 is 20.1 Å². The van der Waals surface area contributed by atoms with Crippen molar-refractivity contribution >= 4 is 23.1 Å². The zero-order valence-electron chi connectivity index (χ0n) is 14.9. The summed E-state index contributed by atoms with van der Waals surface area (Å²) in [6.45, 7) is 4.54. The highest BCUT2D eigenvalue weighted by Gasteiger charge is 2.15. The number of fused-ring (bicyclic) bond motifs is 1. The predicted octanol–water partition coefficient (Wildman–Crippen LogP) is 3.49. The number of carbonyl (C=O) groups excluding carboxylic acids is 2. The molecule has 1 amide bonds. The SMILES string of the molecule is CC(=O)c1ccc(NC(=O)C(C)Nc2ccc3c(c2)OCCCO3)cc1. The van der Waals surface area contributed by atoms with Crippen LogP contribution >= 0.6 is 0 Å². The number of ether oxygens (including phenoxy) is 2. The molecule has 0 saturated heterocycles. The molecule has 0 aliphatic carbocycles. The second-order valence-electron chi connectivity index (χ2n) is 6.20. The lowest BCUT2D eigenvalue weighted by molar-refractivity contribution is -0.116. The fourth-order valence-corrected chi connectivity index (χ4v) is 2.61. The molecule has 0 fully saturated rings. The molecule has 26 heavy (non-hydrogen) atoms. The minimum absolute atomic E-state index is 0.00711. The first-order valence-corrected chi connectivity index (χ1v) is 8.61. The van der Waals surface area contributed by atoms with Crippen molar-refractivity contribution in [2.45, 2.75) is 26.3 Å². The average molecular weight is 354 g/mol. The summed E-state index contributed by atoms with van der Waals surface area (Å²) in [6.07, 6.45) is 0.846. The van der Waals surface area contributed by atoms with Gasteiger partial charge in [0.15, 0.2) is 17.3 Å². The number of carbonyl (C=O) groups is 2. The fourth-order valence-electron chi connectivity index (χ4n) is 2.61. The average Bonchev–Trinajstić information content (AvgIpc) is 2.87. The second kappa shape index (κ2) is 7.91. The van der Waals surface area contributed by atoms with Crippen LogP contribution in [0.5, 0.6) is 11.5 Å². The molecule has 0 saturated carbocycles. The Morgan fingerprint density at radius 1 is 0.962 bits per heavy atom. The van der Waals surface area contributed by atoms with E-state index in [1.807, 2.05) is 18.2 Å². The minimum Gasteiger partial charge on any atom is -0.490 e. The minimum atomic E-state index is -0.452. The zero-order valence-corrected chi connectivity index (χ0v) is 14.9. The molecule has 0 radical (unpaired) electrons. The van der Waals surface area contributed by atoms with Crippen molar-refractivity contribution in [3.63, 3.8) is 0 Å². The van der Waals surface area contributed by atoms with E-state index in [2.05, 4.69) is 10.6 Å². The number of Topliss-reactive ketones (excluding diaryl/α,β-unsaturated/α-hetero) is 1. The fraction of sp³-hybridized carbons (Fsp3) is 0.300. The highest BCUT2D eigenvalue weighted by Crippen LogP contribution is 2.32. The molecular formula is C20H22N2O4. The Balaban J connectivity index is 1.62. The molecule has 1 atom stereocenters. The lowest BCUT2D eigenvalue weighted by Crippen LogP contribution is -2.31. The maximum atomic E-state index is 12.4. The maximum Gasteiger partial charge on any atom is 0.246 e. The van der Waals surface area contributed by atoms with E-state index in [0.717, 1.165) is 17.9 Å². The van der Waals surface area contributed by atoms with E-state index in [4.69, 9.17) is 9.47 Å². The molecule has 1 unspecified atom stereocenters. The summed E-state index contributed by atoms with van der Waals surface area (Å²) in [4.78, 5) is 23.7. The Bertz CT molecular complexity index is 802. The van der Waals surface area contributed by atoms with E-state index in [0.29, 0.717) is 30.2 Å². The number of ketones is 1. The summed E-state index contributed by atoms with van der Waals surface area (Å²) in [5, 5.41) is 5.99. The van der Waals surface area contributed by atoms with Gasteiger partial charge in [0.05, 0.1) is 13.2 Å². The van der Waals surface area contributed by atoms with Gasteiger partial charge in [-0.1, -0.05) is 0 Å². The van der Waals surface area contributed by atoms with Crippen molar-refractivity contribution < 1.29 is 19.1 Å². The normalized spacial score (nSPS) is 14.1. The van der Waals surface area contributed by atoms with E-state index >= 15 is 0 Å². The van der Waals surface area contributed by atoms with E-state index in [-0.39, 0.29) is 11.7 Å². The topological polar surface area (TPSA) is 76.7 Å². The number of amides is 1.